The lowest BCUT2D eigenvalue weighted by atomic mass is 9.90. The van der Waals surface area contributed by atoms with Crippen molar-refractivity contribution in [2.24, 2.45) is 5.92 Å². The summed E-state index contributed by atoms with van der Waals surface area (Å²) in [7, 11) is 0. The van der Waals surface area contributed by atoms with E-state index in [9.17, 15) is 0 Å². The lowest BCUT2D eigenvalue weighted by molar-refractivity contribution is 0.190. The predicted molar refractivity (Wildman–Crippen MR) is 50.2 cm³/mol. The van der Waals surface area contributed by atoms with Gasteiger partial charge in [0.25, 0.3) is 0 Å². The number of alkyl halides is 2. The third kappa shape index (κ3) is 6.92. The molecule has 1 nitrogen and oxygen atoms in total. The summed E-state index contributed by atoms with van der Waals surface area (Å²) in [5, 5.41) is 8.89. The molecule has 0 aromatic heterocycles. The molecule has 1 aliphatic rings. The minimum atomic E-state index is 0.194. The van der Waals surface area contributed by atoms with Crippen LogP contribution < -0.4 is 0 Å². The van der Waals surface area contributed by atoms with Gasteiger partial charge in [0, 0.05) is 6.61 Å². The van der Waals surface area contributed by atoms with Crippen molar-refractivity contribution in [2.45, 2.75) is 32.1 Å². The van der Waals surface area contributed by atoms with Gasteiger partial charge < -0.3 is 5.11 Å². The van der Waals surface area contributed by atoms with E-state index in [1.807, 2.05) is 0 Å². The van der Waals surface area contributed by atoms with Crippen LogP contribution in [-0.2, 0) is 0 Å². The van der Waals surface area contributed by atoms with Gasteiger partial charge in [-0.15, -0.1) is 23.2 Å². The maximum atomic E-state index is 8.69. The first-order valence-corrected chi connectivity index (χ1v) is 5.14. The summed E-state index contributed by atoms with van der Waals surface area (Å²) in [6.07, 6.45) is 6.58. The summed E-state index contributed by atoms with van der Waals surface area (Å²) in [4.78, 5) is 0. The molecule has 3 heteroatoms. The van der Waals surface area contributed by atoms with Crippen LogP contribution in [0.3, 0.4) is 0 Å². The summed E-state index contributed by atoms with van der Waals surface area (Å²) in [6, 6.07) is 0. The lowest BCUT2D eigenvalue weighted by Gasteiger charge is -2.18. The van der Waals surface area contributed by atoms with Gasteiger partial charge in [-0.2, -0.15) is 0 Å². The number of halogens is 2. The molecule has 0 spiro atoms. The van der Waals surface area contributed by atoms with Crippen LogP contribution >= 0.6 is 23.2 Å². The van der Waals surface area contributed by atoms with Crippen LogP contribution in [0.25, 0.3) is 0 Å². The Morgan fingerprint density at radius 1 is 1.09 bits per heavy atom. The zero-order valence-corrected chi connectivity index (χ0v) is 8.24. The molecule has 0 aromatic carbocycles. The normalized spacial score (nSPS) is 18.8. The Bertz CT molecular complexity index is 72.5. The molecular formula is C8H16Cl2O. The van der Waals surface area contributed by atoms with Crippen LogP contribution in [0.15, 0.2) is 0 Å². The van der Waals surface area contributed by atoms with E-state index in [0.717, 1.165) is 0 Å². The molecule has 0 bridgehead atoms. The Balaban J connectivity index is 0.000000292. The Hall–Kier alpha value is 0.540. The van der Waals surface area contributed by atoms with Crippen LogP contribution in [-0.4, -0.2) is 17.1 Å². The van der Waals surface area contributed by atoms with Crippen molar-refractivity contribution in [1.82, 2.24) is 0 Å². The largest absolute Gasteiger partial charge is 0.396 e. The molecule has 0 aromatic rings. The molecular weight excluding hydrogens is 183 g/mol. The Morgan fingerprint density at radius 2 is 1.55 bits per heavy atom. The molecule has 0 heterocycles. The molecule has 68 valence electrons. The summed E-state index contributed by atoms with van der Waals surface area (Å²) in [6.45, 7) is 0.417. The Morgan fingerprint density at radius 3 is 1.82 bits per heavy atom. The van der Waals surface area contributed by atoms with Gasteiger partial charge in [0.05, 0.1) is 5.34 Å². The Kier molecular flexibility index (Phi) is 9.06. The molecule has 1 N–H and O–H groups in total. The van der Waals surface area contributed by atoms with Gasteiger partial charge in [0.1, 0.15) is 0 Å². The van der Waals surface area contributed by atoms with Crippen molar-refractivity contribution in [3.05, 3.63) is 0 Å². The number of aliphatic hydroxyl groups is 1. The third-order valence-corrected chi connectivity index (χ3v) is 1.98. The third-order valence-electron chi connectivity index (χ3n) is 1.98. The first kappa shape index (κ1) is 11.5. The van der Waals surface area contributed by atoms with Gasteiger partial charge in [-0.25, -0.2) is 0 Å². The van der Waals surface area contributed by atoms with Crippen molar-refractivity contribution in [3.63, 3.8) is 0 Å². The molecule has 1 saturated carbocycles. The summed E-state index contributed by atoms with van der Waals surface area (Å²) in [5.74, 6) is 0.642. The minimum absolute atomic E-state index is 0.194. The van der Waals surface area contributed by atoms with E-state index >= 15 is 0 Å². The zero-order chi connectivity index (χ0) is 8.53. The second kappa shape index (κ2) is 8.63. The van der Waals surface area contributed by atoms with E-state index in [-0.39, 0.29) is 5.34 Å². The van der Waals surface area contributed by atoms with E-state index in [0.29, 0.717) is 12.5 Å². The smallest absolute Gasteiger partial charge is 0.0967 e. The first-order chi connectivity index (χ1) is 5.35. The fourth-order valence-electron chi connectivity index (χ4n) is 1.37. The van der Waals surface area contributed by atoms with Crippen LogP contribution in [0.5, 0.6) is 0 Å². The molecule has 0 radical (unpaired) electrons. The fraction of sp³-hybridized carbons (Fsp3) is 1.00. The molecule has 0 unspecified atom stereocenters. The SMILES string of the molecule is ClCCl.OCC1CCCCC1. The highest BCUT2D eigenvalue weighted by Crippen LogP contribution is 2.22. The number of rotatable bonds is 1. The van der Waals surface area contributed by atoms with Crippen molar-refractivity contribution in [2.75, 3.05) is 11.9 Å². The minimum Gasteiger partial charge on any atom is -0.396 e. The topological polar surface area (TPSA) is 20.2 Å². The predicted octanol–water partition coefficient (Wildman–Crippen LogP) is 2.98. The van der Waals surface area contributed by atoms with E-state index in [1.165, 1.54) is 32.1 Å². The maximum Gasteiger partial charge on any atom is 0.0967 e. The second-order valence-electron chi connectivity index (χ2n) is 2.79. The molecule has 1 aliphatic carbocycles. The molecule has 0 atom stereocenters. The van der Waals surface area contributed by atoms with Crippen molar-refractivity contribution in [1.29, 1.82) is 0 Å². The van der Waals surface area contributed by atoms with Crippen LogP contribution in [0.2, 0.25) is 0 Å². The molecule has 0 saturated heterocycles. The van der Waals surface area contributed by atoms with Gasteiger partial charge in [0.2, 0.25) is 0 Å². The highest BCUT2D eigenvalue weighted by atomic mass is 35.5. The highest BCUT2D eigenvalue weighted by Gasteiger charge is 2.10. The molecule has 1 rings (SSSR count). The average molecular weight is 199 g/mol. The van der Waals surface area contributed by atoms with Gasteiger partial charge in [-0.05, 0) is 18.8 Å². The standard InChI is InChI=1S/C7H14O.CH2Cl2/c8-6-7-4-2-1-3-5-7;2-1-3/h7-8H,1-6H2;1H2. The van der Waals surface area contributed by atoms with Gasteiger partial charge in [-0.1, -0.05) is 19.3 Å². The fourth-order valence-corrected chi connectivity index (χ4v) is 1.37. The van der Waals surface area contributed by atoms with Crippen LogP contribution in [0.4, 0.5) is 0 Å². The maximum absolute atomic E-state index is 8.69. The lowest BCUT2D eigenvalue weighted by Crippen LogP contribution is -2.09. The molecule has 0 amide bonds. The van der Waals surface area contributed by atoms with E-state index in [2.05, 4.69) is 0 Å². The quantitative estimate of drug-likeness (QED) is 0.643. The highest BCUT2D eigenvalue weighted by molar-refractivity contribution is 6.40. The molecule has 11 heavy (non-hydrogen) atoms. The van der Waals surface area contributed by atoms with Gasteiger partial charge in [0.15, 0.2) is 0 Å². The van der Waals surface area contributed by atoms with E-state index in [1.54, 1.807) is 0 Å². The molecule has 1 fully saturated rings. The van der Waals surface area contributed by atoms with Gasteiger partial charge in [-0.3, -0.25) is 0 Å². The number of hydrogen-bond acceptors (Lipinski definition) is 1. The monoisotopic (exact) mass is 198 g/mol. The van der Waals surface area contributed by atoms with E-state index in [4.69, 9.17) is 28.3 Å². The summed E-state index contributed by atoms with van der Waals surface area (Å²) < 4.78 is 0. The van der Waals surface area contributed by atoms with Crippen LogP contribution in [0, 0.1) is 5.92 Å². The number of hydrogen-bond donors (Lipinski definition) is 1. The number of aliphatic hydroxyl groups excluding tert-OH is 1. The summed E-state index contributed by atoms with van der Waals surface area (Å²) in [5.41, 5.74) is 0. The average Bonchev–Trinajstić information content (AvgIpc) is 2.08. The Labute approximate surface area is 78.7 Å². The zero-order valence-electron chi connectivity index (χ0n) is 6.73. The van der Waals surface area contributed by atoms with Crippen molar-refractivity contribution < 1.29 is 5.11 Å². The van der Waals surface area contributed by atoms with Crippen molar-refractivity contribution >= 4 is 23.2 Å². The van der Waals surface area contributed by atoms with Crippen molar-refractivity contribution in [3.8, 4) is 0 Å². The first-order valence-electron chi connectivity index (χ1n) is 4.08. The second-order valence-corrected chi connectivity index (χ2v) is 3.60. The van der Waals surface area contributed by atoms with Gasteiger partial charge >= 0.3 is 0 Å². The van der Waals surface area contributed by atoms with E-state index < -0.39 is 0 Å². The van der Waals surface area contributed by atoms with Crippen LogP contribution in [0.1, 0.15) is 32.1 Å². The molecule has 0 aliphatic heterocycles. The summed E-state index contributed by atoms with van der Waals surface area (Å²) >= 11 is 9.53.